The Kier molecular flexibility index (Phi) is 9.09. The highest BCUT2D eigenvalue weighted by Gasteiger charge is 2.14. The van der Waals surface area contributed by atoms with E-state index in [1.165, 1.54) is 16.9 Å². The Labute approximate surface area is 228 Å². The summed E-state index contributed by atoms with van der Waals surface area (Å²) >= 11 is 5.80. The fraction of sp³-hybridized carbons (Fsp3) is 0.333. The fourth-order valence-electron chi connectivity index (χ4n) is 3.83. The molecule has 3 aromatic rings. The Morgan fingerprint density at radius 3 is 2.65 bits per heavy atom. The van der Waals surface area contributed by atoms with Crippen LogP contribution in [-0.4, -0.2) is 63.9 Å². The highest BCUT2D eigenvalue weighted by Crippen LogP contribution is 2.22. The van der Waals surface area contributed by atoms with Crippen LogP contribution in [0.4, 0.5) is 16.8 Å². The second-order valence-electron chi connectivity index (χ2n) is 9.19. The number of thiazole rings is 1. The van der Waals surface area contributed by atoms with Crippen molar-refractivity contribution in [3.8, 4) is 0 Å². The maximum atomic E-state index is 12.4. The zero-order chi connectivity index (χ0) is 26.4. The van der Waals surface area contributed by atoms with Crippen molar-refractivity contribution in [2.24, 2.45) is 0 Å². The van der Waals surface area contributed by atoms with Crippen LogP contribution >= 0.6 is 24.0 Å². The number of aromatic nitrogens is 3. The molecule has 1 aliphatic heterocycles. The van der Waals surface area contributed by atoms with Crippen LogP contribution in [0.15, 0.2) is 53.6 Å². The molecule has 2 aromatic heterocycles. The molecule has 1 saturated heterocycles. The van der Waals surface area contributed by atoms with Crippen LogP contribution in [0.2, 0.25) is 0 Å². The minimum Gasteiger partial charge on any atom is -0.324 e. The van der Waals surface area contributed by atoms with E-state index in [-0.39, 0.29) is 10.8 Å². The normalized spacial score (nSPS) is 15.6. The topological polar surface area (TPSA) is 86.3 Å². The molecule has 194 valence electrons. The molecule has 0 saturated carbocycles. The van der Waals surface area contributed by atoms with Crippen molar-refractivity contribution in [3.63, 3.8) is 0 Å². The molecular formula is C27H33N7OS2. The Balaban J connectivity index is 1.39. The summed E-state index contributed by atoms with van der Waals surface area (Å²) in [4.78, 5) is 32.0. The first-order valence-electron chi connectivity index (χ1n) is 12.2. The SMILES string of the molecule is C/C(=C\C=C(/S)C(=O)Nc1nc(C)c(C)s1)c1ccnc(Nc2cccc(CN3CCN(C)CC3)c2)n1. The van der Waals surface area contributed by atoms with E-state index < -0.39 is 0 Å². The third-order valence-electron chi connectivity index (χ3n) is 6.22. The summed E-state index contributed by atoms with van der Waals surface area (Å²) in [5.41, 5.74) is 4.77. The smallest absolute Gasteiger partial charge is 0.263 e. The number of carbonyl (C=O) groups excluding carboxylic acids is 1. The maximum absolute atomic E-state index is 12.4. The Morgan fingerprint density at radius 2 is 1.92 bits per heavy atom. The van der Waals surface area contributed by atoms with Crippen LogP contribution < -0.4 is 10.6 Å². The van der Waals surface area contributed by atoms with Crippen molar-refractivity contribution in [1.29, 1.82) is 0 Å². The van der Waals surface area contributed by atoms with Crippen molar-refractivity contribution in [1.82, 2.24) is 24.8 Å². The summed E-state index contributed by atoms with van der Waals surface area (Å²) in [6.07, 6.45) is 5.21. The van der Waals surface area contributed by atoms with E-state index in [0.29, 0.717) is 11.1 Å². The van der Waals surface area contributed by atoms with Gasteiger partial charge in [0.05, 0.1) is 16.3 Å². The second-order valence-corrected chi connectivity index (χ2v) is 10.9. The van der Waals surface area contributed by atoms with Crippen molar-refractivity contribution in [2.75, 3.05) is 43.9 Å². The molecule has 1 aromatic carbocycles. The molecule has 0 spiro atoms. The molecular weight excluding hydrogens is 502 g/mol. The number of benzene rings is 1. The van der Waals surface area contributed by atoms with Crippen LogP contribution in [-0.2, 0) is 11.3 Å². The summed E-state index contributed by atoms with van der Waals surface area (Å²) in [5, 5.41) is 6.68. The third-order valence-corrected chi connectivity index (χ3v) is 7.56. The van der Waals surface area contributed by atoms with Crippen LogP contribution in [0.25, 0.3) is 5.57 Å². The van der Waals surface area contributed by atoms with E-state index in [0.717, 1.165) is 60.2 Å². The predicted molar refractivity (Wildman–Crippen MR) is 155 cm³/mol. The van der Waals surface area contributed by atoms with Gasteiger partial charge in [-0.2, -0.15) is 0 Å². The number of amides is 1. The van der Waals surface area contributed by atoms with Crippen LogP contribution in [0.3, 0.4) is 0 Å². The molecule has 2 N–H and O–H groups in total. The third kappa shape index (κ3) is 7.72. The van der Waals surface area contributed by atoms with Gasteiger partial charge in [0.2, 0.25) is 5.95 Å². The molecule has 10 heteroatoms. The van der Waals surface area contributed by atoms with Crippen LogP contribution in [0.1, 0.15) is 28.8 Å². The van der Waals surface area contributed by atoms with Gasteiger partial charge in [-0.05, 0) is 63.2 Å². The zero-order valence-electron chi connectivity index (χ0n) is 21.7. The summed E-state index contributed by atoms with van der Waals surface area (Å²) in [7, 11) is 2.17. The van der Waals surface area contributed by atoms with Gasteiger partial charge in [0.15, 0.2) is 5.13 Å². The molecule has 0 unspecified atom stereocenters. The summed E-state index contributed by atoms with van der Waals surface area (Å²) in [6.45, 7) is 11.1. The lowest BCUT2D eigenvalue weighted by Crippen LogP contribution is -2.43. The number of carbonyl (C=O) groups is 1. The number of rotatable bonds is 8. The molecule has 0 atom stereocenters. The maximum Gasteiger partial charge on any atom is 0.263 e. The number of hydrogen-bond donors (Lipinski definition) is 3. The number of anilines is 3. The highest BCUT2D eigenvalue weighted by molar-refractivity contribution is 7.85. The fourth-order valence-corrected chi connectivity index (χ4v) is 4.77. The number of likely N-dealkylation sites (N-methyl/N-ethyl adjacent to an activating group) is 1. The molecule has 1 fully saturated rings. The zero-order valence-corrected chi connectivity index (χ0v) is 23.4. The van der Waals surface area contributed by atoms with E-state index in [9.17, 15) is 4.79 Å². The van der Waals surface area contributed by atoms with Crippen molar-refractivity contribution >= 4 is 52.2 Å². The Hall–Kier alpha value is -3.05. The molecule has 1 aliphatic rings. The standard InChI is InChI=1S/C27H33N7OS2/c1-18(8-9-24(36)25(35)32-27-29-19(2)20(3)37-27)23-10-11-28-26(31-23)30-22-7-5-6-21(16-22)17-34-14-12-33(4)13-15-34/h5-11,16,36H,12-15,17H2,1-4H3,(H,28,30,31)(H,29,32,35)/b18-8+,24-9-. The van der Waals surface area contributed by atoms with Gasteiger partial charge in [-0.1, -0.05) is 18.2 Å². The first-order valence-corrected chi connectivity index (χ1v) is 13.5. The van der Waals surface area contributed by atoms with E-state index in [1.54, 1.807) is 12.3 Å². The van der Waals surface area contributed by atoms with Gasteiger partial charge in [-0.15, -0.1) is 24.0 Å². The summed E-state index contributed by atoms with van der Waals surface area (Å²) < 4.78 is 0. The minimum atomic E-state index is -0.303. The number of allylic oxidation sites excluding steroid dienone is 3. The van der Waals surface area contributed by atoms with Gasteiger partial charge < -0.3 is 10.2 Å². The van der Waals surface area contributed by atoms with Crippen molar-refractivity contribution < 1.29 is 4.79 Å². The molecule has 0 radical (unpaired) electrons. The lowest BCUT2D eigenvalue weighted by atomic mass is 10.1. The average molecular weight is 536 g/mol. The largest absolute Gasteiger partial charge is 0.324 e. The van der Waals surface area contributed by atoms with Gasteiger partial charge in [0.1, 0.15) is 0 Å². The first kappa shape index (κ1) is 27.0. The van der Waals surface area contributed by atoms with E-state index in [1.807, 2.05) is 39.0 Å². The minimum absolute atomic E-state index is 0.287. The van der Waals surface area contributed by atoms with Gasteiger partial charge in [-0.3, -0.25) is 15.0 Å². The number of nitrogens with one attached hydrogen (secondary N) is 2. The lowest BCUT2D eigenvalue weighted by molar-refractivity contribution is -0.112. The van der Waals surface area contributed by atoms with Gasteiger partial charge in [-0.25, -0.2) is 15.0 Å². The summed E-state index contributed by atoms with van der Waals surface area (Å²) in [5.74, 6) is 0.215. The molecule has 0 bridgehead atoms. The van der Waals surface area contributed by atoms with Crippen LogP contribution in [0, 0.1) is 13.8 Å². The van der Waals surface area contributed by atoms with Crippen molar-refractivity contribution in [3.05, 3.63) is 75.4 Å². The number of aryl methyl sites for hydroxylation is 2. The molecule has 0 aliphatic carbocycles. The lowest BCUT2D eigenvalue weighted by Gasteiger charge is -2.32. The number of thiol groups is 1. The first-order chi connectivity index (χ1) is 17.8. The molecule has 4 rings (SSSR count). The Morgan fingerprint density at radius 1 is 1.14 bits per heavy atom. The quantitative estimate of drug-likeness (QED) is 0.215. The summed E-state index contributed by atoms with van der Waals surface area (Å²) in [6, 6.07) is 10.2. The number of hydrogen-bond acceptors (Lipinski definition) is 9. The van der Waals surface area contributed by atoms with Crippen LogP contribution in [0.5, 0.6) is 0 Å². The molecule has 8 nitrogen and oxygen atoms in total. The average Bonchev–Trinajstić information content (AvgIpc) is 3.20. The monoisotopic (exact) mass is 535 g/mol. The van der Waals surface area contributed by atoms with Gasteiger partial charge in [0.25, 0.3) is 5.91 Å². The number of piperazine rings is 1. The number of nitrogens with zero attached hydrogens (tertiary/aromatic N) is 5. The van der Waals surface area contributed by atoms with Crippen molar-refractivity contribution in [2.45, 2.75) is 27.3 Å². The van der Waals surface area contributed by atoms with Gasteiger partial charge in [0, 0.05) is 49.5 Å². The molecule has 1 amide bonds. The Bertz CT molecular complexity index is 1290. The van der Waals surface area contributed by atoms with E-state index in [4.69, 9.17) is 0 Å². The van der Waals surface area contributed by atoms with E-state index in [2.05, 4.69) is 73.3 Å². The highest BCUT2D eigenvalue weighted by atomic mass is 32.1. The second kappa shape index (κ2) is 12.5. The van der Waals surface area contributed by atoms with Gasteiger partial charge >= 0.3 is 0 Å². The van der Waals surface area contributed by atoms with E-state index >= 15 is 0 Å². The molecule has 37 heavy (non-hydrogen) atoms. The predicted octanol–water partition coefficient (Wildman–Crippen LogP) is 4.90. The molecule has 3 heterocycles.